The number of carbonyl (C=O) groups excluding carboxylic acids is 3. The van der Waals surface area contributed by atoms with Gasteiger partial charge in [0.15, 0.2) is 0 Å². The SMILES string of the molecule is Cc1ncc(Cl)cc1C(=O)N[C@H]1CC[C@H](CN2C(=O)C3(CCN(C(=O)N4CCCC4)CC3)c3ccccc32)CC1. The van der Waals surface area contributed by atoms with Gasteiger partial charge in [0, 0.05) is 50.6 Å². The van der Waals surface area contributed by atoms with E-state index in [4.69, 9.17) is 11.6 Å². The van der Waals surface area contributed by atoms with Gasteiger partial charge in [-0.1, -0.05) is 29.8 Å². The molecule has 0 radical (unpaired) electrons. The number of piperidine rings is 1. The van der Waals surface area contributed by atoms with Crippen molar-refractivity contribution in [3.63, 3.8) is 0 Å². The van der Waals surface area contributed by atoms with Crippen molar-refractivity contribution in [1.29, 1.82) is 0 Å². The van der Waals surface area contributed by atoms with Crippen molar-refractivity contribution in [1.82, 2.24) is 20.1 Å². The number of benzene rings is 1. The molecule has 1 aromatic heterocycles. The van der Waals surface area contributed by atoms with Crippen LogP contribution >= 0.6 is 11.6 Å². The minimum Gasteiger partial charge on any atom is -0.349 e. The number of hydrogen-bond acceptors (Lipinski definition) is 4. The predicted molar refractivity (Wildman–Crippen MR) is 155 cm³/mol. The van der Waals surface area contributed by atoms with Gasteiger partial charge in [0.25, 0.3) is 5.91 Å². The van der Waals surface area contributed by atoms with Crippen molar-refractivity contribution in [2.24, 2.45) is 5.92 Å². The Balaban J connectivity index is 1.08. The van der Waals surface area contributed by atoms with Crippen LogP contribution in [0.4, 0.5) is 10.5 Å². The van der Waals surface area contributed by atoms with Crippen LogP contribution in [0.1, 0.15) is 73.0 Å². The largest absolute Gasteiger partial charge is 0.349 e. The molecule has 1 spiro atoms. The zero-order valence-electron chi connectivity index (χ0n) is 23.2. The van der Waals surface area contributed by atoms with Crippen molar-refractivity contribution in [2.45, 2.75) is 69.7 Å². The van der Waals surface area contributed by atoms with Crippen LogP contribution in [0, 0.1) is 12.8 Å². The highest BCUT2D eigenvalue weighted by molar-refractivity contribution is 6.30. The highest BCUT2D eigenvalue weighted by atomic mass is 35.5. The number of pyridine rings is 1. The second-order valence-electron chi connectivity index (χ2n) is 12.0. The van der Waals surface area contributed by atoms with Gasteiger partial charge in [-0.3, -0.25) is 14.6 Å². The lowest BCUT2D eigenvalue weighted by atomic mass is 9.73. The maximum absolute atomic E-state index is 14.1. The molecule has 3 aliphatic heterocycles. The molecule has 4 amide bonds. The molecule has 0 unspecified atom stereocenters. The van der Waals surface area contributed by atoms with Crippen LogP contribution in [0.15, 0.2) is 36.5 Å². The highest BCUT2D eigenvalue weighted by Gasteiger charge is 2.52. The molecule has 2 saturated heterocycles. The fraction of sp³-hybridized carbons (Fsp3) is 0.548. The Hall–Kier alpha value is -3.13. The summed E-state index contributed by atoms with van der Waals surface area (Å²) in [5.41, 5.74) is 2.81. The number of nitrogens with one attached hydrogen (secondary N) is 1. The number of aryl methyl sites for hydroxylation is 1. The predicted octanol–water partition coefficient (Wildman–Crippen LogP) is 4.93. The lowest BCUT2D eigenvalue weighted by Crippen LogP contribution is -2.53. The lowest BCUT2D eigenvalue weighted by Gasteiger charge is -2.40. The molecule has 6 rings (SSSR count). The van der Waals surface area contributed by atoms with Crippen molar-refractivity contribution in [3.8, 4) is 0 Å². The molecule has 40 heavy (non-hydrogen) atoms. The normalized spacial score (nSPS) is 23.9. The van der Waals surface area contributed by atoms with E-state index in [1.807, 2.05) is 33.8 Å². The zero-order chi connectivity index (χ0) is 27.9. The maximum atomic E-state index is 14.1. The first kappa shape index (κ1) is 27.1. The monoisotopic (exact) mass is 563 g/mol. The third-order valence-corrected chi connectivity index (χ3v) is 9.76. The zero-order valence-corrected chi connectivity index (χ0v) is 24.0. The molecule has 9 heteroatoms. The number of rotatable bonds is 4. The molecule has 1 N–H and O–H groups in total. The number of amides is 4. The standard InChI is InChI=1S/C31H38ClN5O3/c1-21-25(18-23(32)19-33-21)28(38)34-24-10-8-22(9-11-24)20-37-27-7-3-2-6-26(27)31(29(37)39)12-16-36(17-13-31)30(40)35-14-4-5-15-35/h2-3,6-7,18-19,22,24H,4-5,8-17,20H2,1H3,(H,34,38)/t22-,24-. The molecule has 1 aliphatic carbocycles. The van der Waals surface area contributed by atoms with Crippen LogP contribution in [-0.4, -0.2) is 71.4 Å². The molecule has 8 nitrogen and oxygen atoms in total. The Bertz CT molecular complexity index is 1290. The first-order chi connectivity index (χ1) is 19.4. The Labute approximate surface area is 241 Å². The smallest absolute Gasteiger partial charge is 0.319 e. The quantitative estimate of drug-likeness (QED) is 0.571. The van der Waals surface area contributed by atoms with E-state index in [2.05, 4.69) is 22.4 Å². The van der Waals surface area contributed by atoms with E-state index < -0.39 is 5.41 Å². The van der Waals surface area contributed by atoms with Crippen LogP contribution < -0.4 is 10.2 Å². The summed E-state index contributed by atoms with van der Waals surface area (Å²) in [6.45, 7) is 5.45. The first-order valence-electron chi connectivity index (χ1n) is 14.7. The number of aromatic nitrogens is 1. The summed E-state index contributed by atoms with van der Waals surface area (Å²) in [4.78, 5) is 50.1. The van der Waals surface area contributed by atoms with E-state index >= 15 is 0 Å². The van der Waals surface area contributed by atoms with Gasteiger partial charge in [0.1, 0.15) is 0 Å². The van der Waals surface area contributed by atoms with Gasteiger partial charge < -0.3 is 20.0 Å². The third kappa shape index (κ3) is 4.95. The lowest BCUT2D eigenvalue weighted by molar-refractivity contribution is -0.124. The number of anilines is 1. The van der Waals surface area contributed by atoms with Crippen LogP contribution in [0.5, 0.6) is 0 Å². The number of nitrogens with zero attached hydrogens (tertiary/aromatic N) is 4. The van der Waals surface area contributed by atoms with E-state index in [1.54, 1.807) is 12.3 Å². The second kappa shape index (κ2) is 11.0. The van der Waals surface area contributed by atoms with Gasteiger partial charge >= 0.3 is 6.03 Å². The number of likely N-dealkylation sites (tertiary alicyclic amines) is 2. The number of urea groups is 1. The average Bonchev–Trinajstić information content (AvgIpc) is 3.59. The summed E-state index contributed by atoms with van der Waals surface area (Å²) >= 11 is 6.06. The van der Waals surface area contributed by atoms with E-state index in [0.717, 1.165) is 62.9 Å². The van der Waals surface area contributed by atoms with Crippen LogP contribution in [-0.2, 0) is 10.2 Å². The third-order valence-electron chi connectivity index (χ3n) is 9.55. The fourth-order valence-corrected chi connectivity index (χ4v) is 7.36. The number of carbonyl (C=O) groups is 3. The Kier molecular flexibility index (Phi) is 7.46. The molecule has 3 fully saturated rings. The summed E-state index contributed by atoms with van der Waals surface area (Å²) in [5, 5.41) is 3.62. The van der Waals surface area contributed by atoms with Gasteiger partial charge in [-0.05, 0) is 81.9 Å². The maximum Gasteiger partial charge on any atom is 0.319 e. The van der Waals surface area contributed by atoms with Gasteiger partial charge in [0.05, 0.1) is 21.7 Å². The average molecular weight is 564 g/mol. The number of fused-ring (bicyclic) bond motifs is 2. The van der Waals surface area contributed by atoms with Crippen LogP contribution in [0.2, 0.25) is 5.02 Å². The summed E-state index contributed by atoms with van der Waals surface area (Å²) in [6, 6.07) is 10.2. The Morgan fingerprint density at radius 1 is 1.02 bits per heavy atom. The molecule has 1 saturated carbocycles. The Morgan fingerprint density at radius 3 is 2.42 bits per heavy atom. The molecule has 0 atom stereocenters. The summed E-state index contributed by atoms with van der Waals surface area (Å²) in [5.74, 6) is 0.448. The first-order valence-corrected chi connectivity index (χ1v) is 15.1. The molecular weight excluding hydrogens is 526 g/mol. The molecule has 4 aliphatic rings. The molecule has 2 aromatic rings. The van der Waals surface area contributed by atoms with E-state index in [9.17, 15) is 14.4 Å². The molecular formula is C31H38ClN5O3. The van der Waals surface area contributed by atoms with E-state index in [0.29, 0.717) is 54.7 Å². The number of para-hydroxylation sites is 1. The topological polar surface area (TPSA) is 85.9 Å². The van der Waals surface area contributed by atoms with E-state index in [1.165, 1.54) is 0 Å². The van der Waals surface area contributed by atoms with Crippen LogP contribution in [0.25, 0.3) is 0 Å². The van der Waals surface area contributed by atoms with Crippen molar-refractivity contribution in [3.05, 3.63) is 58.4 Å². The van der Waals surface area contributed by atoms with Crippen molar-refractivity contribution >= 4 is 35.1 Å². The summed E-state index contributed by atoms with van der Waals surface area (Å²) < 4.78 is 0. The van der Waals surface area contributed by atoms with Gasteiger partial charge in [-0.2, -0.15) is 0 Å². The minimum atomic E-state index is -0.535. The van der Waals surface area contributed by atoms with Gasteiger partial charge in [0.2, 0.25) is 5.91 Å². The summed E-state index contributed by atoms with van der Waals surface area (Å²) in [7, 11) is 0. The highest BCUT2D eigenvalue weighted by Crippen LogP contribution is 2.48. The summed E-state index contributed by atoms with van der Waals surface area (Å²) in [6.07, 6.45) is 8.74. The number of hydrogen-bond donors (Lipinski definition) is 1. The van der Waals surface area contributed by atoms with E-state index in [-0.39, 0.29) is 23.9 Å². The van der Waals surface area contributed by atoms with Crippen molar-refractivity contribution < 1.29 is 14.4 Å². The van der Waals surface area contributed by atoms with Gasteiger partial charge in [-0.15, -0.1) is 0 Å². The minimum absolute atomic E-state index is 0.104. The van der Waals surface area contributed by atoms with Crippen molar-refractivity contribution in [2.75, 3.05) is 37.6 Å². The van der Waals surface area contributed by atoms with Gasteiger partial charge in [-0.25, -0.2) is 4.79 Å². The molecule has 1 aromatic carbocycles. The second-order valence-corrected chi connectivity index (χ2v) is 12.4. The molecule has 4 heterocycles. The number of halogens is 1. The fourth-order valence-electron chi connectivity index (χ4n) is 7.20. The van der Waals surface area contributed by atoms with Crippen LogP contribution in [0.3, 0.4) is 0 Å². The molecule has 0 bridgehead atoms. The Morgan fingerprint density at radius 2 is 1.70 bits per heavy atom. The molecule has 212 valence electrons.